The summed E-state index contributed by atoms with van der Waals surface area (Å²) < 4.78 is 13.8. The van der Waals surface area contributed by atoms with E-state index in [4.69, 9.17) is 0 Å². The molecule has 0 aliphatic carbocycles. The molecule has 0 saturated carbocycles. The molecule has 1 N–H and O–H groups in total. The van der Waals surface area contributed by atoms with Crippen LogP contribution in [0.5, 0.6) is 0 Å². The van der Waals surface area contributed by atoms with E-state index >= 15 is 0 Å². The van der Waals surface area contributed by atoms with Crippen LogP contribution in [0.3, 0.4) is 0 Å². The molecule has 17 heavy (non-hydrogen) atoms. The highest BCUT2D eigenvalue weighted by Crippen LogP contribution is 2.28. The first kappa shape index (κ1) is 12.8. The molecule has 2 aromatic rings. The summed E-state index contributed by atoms with van der Waals surface area (Å²) in [5.74, 6) is -0.224. The smallest absolute Gasteiger partial charge is 0.148 e. The van der Waals surface area contributed by atoms with Gasteiger partial charge in [-0.25, -0.2) is 4.39 Å². The molecule has 0 saturated heterocycles. The summed E-state index contributed by atoms with van der Waals surface area (Å²) in [5, 5.41) is 13.2. The predicted octanol–water partition coefficient (Wildman–Crippen LogP) is 2.71. The summed E-state index contributed by atoms with van der Waals surface area (Å²) in [6.07, 6.45) is 0.867. The van der Waals surface area contributed by atoms with Crippen LogP contribution in [0.25, 0.3) is 10.6 Å². The number of aromatic nitrogens is 2. The molecule has 0 aliphatic heterocycles. The van der Waals surface area contributed by atoms with E-state index < -0.39 is 0 Å². The van der Waals surface area contributed by atoms with Gasteiger partial charge in [-0.2, -0.15) is 0 Å². The van der Waals surface area contributed by atoms with E-state index in [1.807, 2.05) is 7.05 Å². The largest absolute Gasteiger partial charge is 0.319 e. The fourth-order valence-electron chi connectivity index (χ4n) is 1.36. The van der Waals surface area contributed by atoms with Crippen molar-refractivity contribution in [3.05, 3.63) is 32.6 Å². The predicted molar refractivity (Wildman–Crippen MR) is 75.7 cm³/mol. The van der Waals surface area contributed by atoms with Gasteiger partial charge in [-0.15, -0.1) is 10.2 Å². The van der Waals surface area contributed by atoms with Crippen molar-refractivity contribution in [1.29, 1.82) is 0 Å². The molecular weight excluding hydrogens is 352 g/mol. The highest BCUT2D eigenvalue weighted by Gasteiger charge is 2.10. The van der Waals surface area contributed by atoms with Gasteiger partial charge in [-0.1, -0.05) is 11.3 Å². The Bertz CT molecular complexity index is 515. The normalized spacial score (nSPS) is 10.8. The second kappa shape index (κ2) is 5.83. The molecule has 0 fully saturated rings. The van der Waals surface area contributed by atoms with Gasteiger partial charge >= 0.3 is 0 Å². The van der Waals surface area contributed by atoms with Gasteiger partial charge in [0.15, 0.2) is 0 Å². The summed E-state index contributed by atoms with van der Waals surface area (Å²) in [5.41, 5.74) is 0.945. The van der Waals surface area contributed by atoms with Crippen LogP contribution in [-0.2, 0) is 6.42 Å². The van der Waals surface area contributed by atoms with Gasteiger partial charge in [0.1, 0.15) is 15.8 Å². The molecular formula is C11H11FIN3S. The fraction of sp³-hybridized carbons (Fsp3) is 0.273. The molecule has 0 spiro atoms. The highest BCUT2D eigenvalue weighted by molar-refractivity contribution is 14.1. The Morgan fingerprint density at radius 2 is 2.24 bits per heavy atom. The Kier molecular flexibility index (Phi) is 4.41. The molecule has 0 radical (unpaired) electrons. The molecule has 0 unspecified atom stereocenters. The number of nitrogens with zero attached hydrogens (tertiary/aromatic N) is 2. The molecule has 0 bridgehead atoms. The Labute approximate surface area is 117 Å². The highest BCUT2D eigenvalue weighted by atomic mass is 127. The van der Waals surface area contributed by atoms with E-state index in [0.717, 1.165) is 32.1 Å². The topological polar surface area (TPSA) is 37.8 Å². The van der Waals surface area contributed by atoms with Gasteiger partial charge in [-0.05, 0) is 47.8 Å². The summed E-state index contributed by atoms with van der Waals surface area (Å²) in [7, 11) is 1.91. The van der Waals surface area contributed by atoms with Crippen molar-refractivity contribution < 1.29 is 4.39 Å². The molecule has 2 rings (SSSR count). The number of hydrogen-bond donors (Lipinski definition) is 1. The van der Waals surface area contributed by atoms with Crippen LogP contribution in [0.1, 0.15) is 5.01 Å². The maximum Gasteiger partial charge on any atom is 0.148 e. The minimum absolute atomic E-state index is 0.224. The lowest BCUT2D eigenvalue weighted by molar-refractivity contribution is 0.627. The Morgan fingerprint density at radius 1 is 1.41 bits per heavy atom. The van der Waals surface area contributed by atoms with Crippen LogP contribution in [0.15, 0.2) is 18.2 Å². The summed E-state index contributed by atoms with van der Waals surface area (Å²) in [4.78, 5) is 0. The zero-order valence-corrected chi connectivity index (χ0v) is 12.2. The molecule has 1 heterocycles. The van der Waals surface area contributed by atoms with Crippen molar-refractivity contribution >= 4 is 33.9 Å². The van der Waals surface area contributed by atoms with E-state index in [1.54, 1.807) is 17.4 Å². The quantitative estimate of drug-likeness (QED) is 0.849. The van der Waals surface area contributed by atoms with Crippen LogP contribution >= 0.6 is 33.9 Å². The molecule has 1 aromatic heterocycles. The average Bonchev–Trinajstić information content (AvgIpc) is 2.75. The van der Waals surface area contributed by atoms with Gasteiger partial charge in [0, 0.05) is 22.1 Å². The second-order valence-corrected chi connectivity index (χ2v) is 5.70. The zero-order valence-electron chi connectivity index (χ0n) is 9.20. The lowest BCUT2D eigenvalue weighted by Crippen LogP contribution is -2.09. The number of likely N-dealkylation sites (N-methyl/N-ethyl adjacent to an activating group) is 1. The second-order valence-electron chi connectivity index (χ2n) is 3.48. The van der Waals surface area contributed by atoms with Crippen molar-refractivity contribution in [2.24, 2.45) is 0 Å². The number of nitrogens with one attached hydrogen (secondary N) is 1. The van der Waals surface area contributed by atoms with Gasteiger partial charge in [-0.3, -0.25) is 0 Å². The van der Waals surface area contributed by atoms with Crippen LogP contribution in [-0.4, -0.2) is 23.8 Å². The molecule has 6 heteroatoms. The maximum atomic E-state index is 13.0. The SMILES string of the molecule is CNCCc1nnc(-c2ccc(F)cc2I)s1. The van der Waals surface area contributed by atoms with Crippen LogP contribution in [0.4, 0.5) is 4.39 Å². The molecule has 1 aromatic carbocycles. The summed E-state index contributed by atoms with van der Waals surface area (Å²) >= 11 is 3.67. The van der Waals surface area contributed by atoms with Crippen molar-refractivity contribution in [3.8, 4) is 10.6 Å². The van der Waals surface area contributed by atoms with Crippen molar-refractivity contribution in [2.45, 2.75) is 6.42 Å². The van der Waals surface area contributed by atoms with Gasteiger partial charge in [0.2, 0.25) is 0 Å². The standard InChI is InChI=1S/C11H11FIN3S/c1-14-5-4-10-15-16-11(17-10)8-3-2-7(12)6-9(8)13/h2-3,6,14H,4-5H2,1H3. The monoisotopic (exact) mass is 363 g/mol. The zero-order chi connectivity index (χ0) is 12.3. The molecule has 0 atom stereocenters. The van der Waals surface area contributed by atoms with Gasteiger partial charge in [0.25, 0.3) is 0 Å². The minimum atomic E-state index is -0.224. The Morgan fingerprint density at radius 3 is 2.94 bits per heavy atom. The molecule has 0 aliphatic rings. The minimum Gasteiger partial charge on any atom is -0.319 e. The lowest BCUT2D eigenvalue weighted by Gasteiger charge is -1.99. The van der Waals surface area contributed by atoms with Crippen molar-refractivity contribution in [1.82, 2.24) is 15.5 Å². The summed E-state index contributed by atoms with van der Waals surface area (Å²) in [6.45, 7) is 0.884. The Hall–Kier alpha value is -0.600. The van der Waals surface area contributed by atoms with E-state index in [9.17, 15) is 4.39 Å². The first-order valence-corrected chi connectivity index (χ1v) is 7.02. The van der Waals surface area contributed by atoms with Crippen molar-refractivity contribution in [2.75, 3.05) is 13.6 Å². The van der Waals surface area contributed by atoms with E-state index in [1.165, 1.54) is 12.1 Å². The van der Waals surface area contributed by atoms with E-state index in [0.29, 0.717) is 0 Å². The van der Waals surface area contributed by atoms with Crippen LogP contribution < -0.4 is 5.32 Å². The third-order valence-corrected chi connectivity index (χ3v) is 4.13. The lowest BCUT2D eigenvalue weighted by atomic mass is 10.2. The number of halogens is 2. The third kappa shape index (κ3) is 3.20. The number of hydrogen-bond acceptors (Lipinski definition) is 4. The Balaban J connectivity index is 2.24. The molecule has 90 valence electrons. The van der Waals surface area contributed by atoms with E-state index in [-0.39, 0.29) is 5.82 Å². The first-order valence-electron chi connectivity index (χ1n) is 5.13. The van der Waals surface area contributed by atoms with Crippen molar-refractivity contribution in [3.63, 3.8) is 0 Å². The van der Waals surface area contributed by atoms with E-state index in [2.05, 4.69) is 38.1 Å². The first-order chi connectivity index (χ1) is 8.20. The molecule has 3 nitrogen and oxygen atoms in total. The fourth-order valence-corrected chi connectivity index (χ4v) is 3.15. The average molecular weight is 363 g/mol. The molecule has 0 amide bonds. The summed E-state index contributed by atoms with van der Waals surface area (Å²) in [6, 6.07) is 4.70. The number of benzene rings is 1. The van der Waals surface area contributed by atoms with Gasteiger partial charge < -0.3 is 5.32 Å². The third-order valence-electron chi connectivity index (χ3n) is 2.22. The maximum absolute atomic E-state index is 13.0. The number of rotatable bonds is 4. The van der Waals surface area contributed by atoms with Crippen LogP contribution in [0, 0.1) is 9.39 Å². The van der Waals surface area contributed by atoms with Crippen LogP contribution in [0.2, 0.25) is 0 Å². The van der Waals surface area contributed by atoms with Gasteiger partial charge in [0.05, 0.1) is 0 Å².